The van der Waals surface area contributed by atoms with Gasteiger partial charge in [0, 0.05) is 25.3 Å². The number of aromatic nitrogens is 2. The number of ether oxygens (including phenoxy) is 2. The van der Waals surface area contributed by atoms with Crippen molar-refractivity contribution in [3.05, 3.63) is 35.4 Å². The summed E-state index contributed by atoms with van der Waals surface area (Å²) in [4.78, 5) is 35.0. The number of aliphatic carboxylic acids is 1. The number of carbonyl (C=O) groups excluding carboxylic acids is 1. The van der Waals surface area contributed by atoms with Crippen molar-refractivity contribution < 1.29 is 24.2 Å². The zero-order valence-electron chi connectivity index (χ0n) is 21.7. The maximum Gasteiger partial charge on any atom is 0.303 e. The number of hydrogen-bond acceptors (Lipinski definition) is 8. The monoisotopic (exact) mass is 523 g/mol. The molecule has 1 aromatic carbocycles. The fraction of sp³-hybridized carbons (Fsp3) is 0.571. The van der Waals surface area contributed by atoms with Crippen LogP contribution in [0, 0.1) is 5.92 Å². The van der Waals surface area contributed by atoms with Crippen LogP contribution in [0.2, 0.25) is 0 Å². The van der Waals surface area contributed by atoms with E-state index in [0.29, 0.717) is 31.6 Å². The van der Waals surface area contributed by atoms with Crippen LogP contribution in [-0.2, 0) is 9.53 Å². The molecule has 1 atom stereocenters. The number of carboxylic acids is 1. The van der Waals surface area contributed by atoms with E-state index < -0.39 is 5.97 Å². The molecule has 2 aromatic rings. The number of nitrogens with one attached hydrogen (secondary N) is 1. The van der Waals surface area contributed by atoms with E-state index in [1.165, 1.54) is 12.0 Å². The van der Waals surface area contributed by atoms with Crippen LogP contribution in [0.1, 0.15) is 79.6 Å². The summed E-state index contributed by atoms with van der Waals surface area (Å²) in [5.41, 5.74) is 8.41. The van der Waals surface area contributed by atoms with Crippen molar-refractivity contribution in [2.24, 2.45) is 5.92 Å². The first-order valence-corrected chi connectivity index (χ1v) is 13.8. The van der Waals surface area contributed by atoms with Crippen LogP contribution in [0.3, 0.4) is 0 Å². The zero-order chi connectivity index (χ0) is 26.5. The van der Waals surface area contributed by atoms with Crippen LogP contribution < -0.4 is 20.7 Å². The Bertz CT molecular complexity index is 1130. The van der Waals surface area contributed by atoms with Crippen LogP contribution in [0.4, 0.5) is 17.5 Å². The minimum Gasteiger partial charge on any atom is -0.481 e. The summed E-state index contributed by atoms with van der Waals surface area (Å²) in [5, 5.41) is 12.2. The van der Waals surface area contributed by atoms with Gasteiger partial charge in [0.2, 0.25) is 11.8 Å². The second kappa shape index (κ2) is 12.0. The van der Waals surface area contributed by atoms with Crippen molar-refractivity contribution in [1.82, 2.24) is 9.97 Å². The van der Waals surface area contributed by atoms with Gasteiger partial charge in [0.25, 0.3) is 5.91 Å². The molecule has 3 heterocycles. The minimum absolute atomic E-state index is 0.0954. The van der Waals surface area contributed by atoms with Gasteiger partial charge in [-0.15, -0.1) is 0 Å². The Morgan fingerprint density at radius 3 is 2.58 bits per heavy atom. The van der Waals surface area contributed by atoms with Gasteiger partial charge in [-0.2, -0.15) is 9.97 Å². The molecule has 1 unspecified atom stereocenters. The number of amides is 1. The second-order valence-electron chi connectivity index (χ2n) is 10.5. The number of anilines is 3. The van der Waals surface area contributed by atoms with Gasteiger partial charge in [-0.1, -0.05) is 12.1 Å². The maximum atomic E-state index is 13.5. The number of fused-ring (bicyclic) bond motifs is 1. The van der Waals surface area contributed by atoms with Crippen molar-refractivity contribution in [3.63, 3.8) is 0 Å². The lowest BCUT2D eigenvalue weighted by atomic mass is 9.77. The minimum atomic E-state index is -0.714. The van der Waals surface area contributed by atoms with E-state index in [4.69, 9.17) is 20.3 Å². The molecule has 1 saturated carbocycles. The van der Waals surface area contributed by atoms with E-state index in [-0.39, 0.29) is 41.6 Å². The zero-order valence-corrected chi connectivity index (χ0v) is 21.7. The molecule has 2 aliphatic heterocycles. The normalized spacial score (nSPS) is 23.7. The van der Waals surface area contributed by atoms with Crippen molar-refractivity contribution >= 4 is 29.3 Å². The average molecular weight is 524 g/mol. The third-order valence-corrected chi connectivity index (χ3v) is 7.93. The summed E-state index contributed by atoms with van der Waals surface area (Å²) in [6.07, 6.45) is 8.58. The molecule has 4 N–H and O–H groups in total. The SMILES string of the molecule is Nc1nc(NCCC2CCCCO2)nc2c1C(=O)N(c1ccc(C3CCC(CC(=O)O)CC3)cc1)CCO2. The predicted molar refractivity (Wildman–Crippen MR) is 144 cm³/mol. The number of benzene rings is 1. The molecule has 3 aliphatic rings. The fourth-order valence-electron chi connectivity index (χ4n) is 5.81. The molecule has 0 spiro atoms. The Morgan fingerprint density at radius 1 is 1.08 bits per heavy atom. The molecule has 1 aromatic heterocycles. The Kier molecular flexibility index (Phi) is 8.26. The first kappa shape index (κ1) is 26.2. The molecule has 1 aliphatic carbocycles. The van der Waals surface area contributed by atoms with E-state index >= 15 is 0 Å². The number of carbonyl (C=O) groups is 2. The molecule has 0 bridgehead atoms. The molecular weight excluding hydrogens is 486 g/mol. The lowest BCUT2D eigenvalue weighted by Gasteiger charge is -2.28. The van der Waals surface area contributed by atoms with Crippen LogP contribution >= 0.6 is 0 Å². The number of rotatable bonds is 8. The van der Waals surface area contributed by atoms with Crippen LogP contribution in [0.5, 0.6) is 5.88 Å². The van der Waals surface area contributed by atoms with Gasteiger partial charge in [0.1, 0.15) is 18.0 Å². The topological polar surface area (TPSA) is 140 Å². The highest BCUT2D eigenvalue weighted by Gasteiger charge is 2.30. The summed E-state index contributed by atoms with van der Waals surface area (Å²) in [6, 6.07) is 8.06. The van der Waals surface area contributed by atoms with E-state index in [2.05, 4.69) is 27.4 Å². The van der Waals surface area contributed by atoms with Crippen LogP contribution in [-0.4, -0.2) is 59.4 Å². The number of nitrogens with two attached hydrogens (primary N) is 1. The molecule has 204 valence electrons. The van der Waals surface area contributed by atoms with Gasteiger partial charge in [0.15, 0.2) is 0 Å². The lowest BCUT2D eigenvalue weighted by Crippen LogP contribution is -2.32. The second-order valence-corrected chi connectivity index (χ2v) is 10.5. The van der Waals surface area contributed by atoms with Gasteiger partial charge >= 0.3 is 5.97 Å². The molecule has 10 heteroatoms. The van der Waals surface area contributed by atoms with Crippen molar-refractivity contribution in [2.75, 3.05) is 42.3 Å². The summed E-state index contributed by atoms with van der Waals surface area (Å²) in [5.74, 6) is 0.340. The van der Waals surface area contributed by atoms with Gasteiger partial charge in [-0.05, 0) is 80.9 Å². The first-order chi connectivity index (χ1) is 18.5. The molecular formula is C28H37N5O5. The van der Waals surface area contributed by atoms with Crippen molar-refractivity contribution in [2.45, 2.75) is 69.8 Å². The smallest absolute Gasteiger partial charge is 0.303 e. The maximum absolute atomic E-state index is 13.5. The molecule has 0 radical (unpaired) electrons. The predicted octanol–water partition coefficient (Wildman–Crippen LogP) is 4.22. The summed E-state index contributed by atoms with van der Waals surface area (Å²) >= 11 is 0. The molecule has 38 heavy (non-hydrogen) atoms. The lowest BCUT2D eigenvalue weighted by molar-refractivity contribution is -0.138. The van der Waals surface area contributed by atoms with Crippen LogP contribution in [0.15, 0.2) is 24.3 Å². The van der Waals surface area contributed by atoms with E-state index in [1.807, 2.05) is 12.1 Å². The fourth-order valence-corrected chi connectivity index (χ4v) is 5.81. The van der Waals surface area contributed by atoms with Gasteiger partial charge < -0.3 is 30.5 Å². The highest BCUT2D eigenvalue weighted by molar-refractivity contribution is 6.10. The molecule has 10 nitrogen and oxygen atoms in total. The van der Waals surface area contributed by atoms with Crippen molar-refractivity contribution in [1.29, 1.82) is 0 Å². The number of carboxylic acid groups (broad SMARTS) is 1. The van der Waals surface area contributed by atoms with Crippen LogP contribution in [0.25, 0.3) is 0 Å². The van der Waals surface area contributed by atoms with Gasteiger partial charge in [-0.3, -0.25) is 9.59 Å². The van der Waals surface area contributed by atoms with Gasteiger partial charge in [0.05, 0.1) is 12.6 Å². The summed E-state index contributed by atoms with van der Waals surface area (Å²) < 4.78 is 11.6. The Balaban J connectivity index is 1.22. The third kappa shape index (κ3) is 6.18. The van der Waals surface area contributed by atoms with E-state index in [0.717, 1.165) is 57.2 Å². The van der Waals surface area contributed by atoms with Crippen molar-refractivity contribution in [3.8, 4) is 5.88 Å². The summed E-state index contributed by atoms with van der Waals surface area (Å²) in [6.45, 7) is 2.13. The molecule has 1 amide bonds. The van der Waals surface area contributed by atoms with E-state index in [9.17, 15) is 9.59 Å². The molecule has 2 fully saturated rings. The summed E-state index contributed by atoms with van der Waals surface area (Å²) in [7, 11) is 0. The highest BCUT2D eigenvalue weighted by atomic mass is 16.5. The average Bonchev–Trinajstić information content (AvgIpc) is 3.08. The Hall–Kier alpha value is -3.40. The van der Waals surface area contributed by atoms with E-state index in [1.54, 1.807) is 4.90 Å². The number of hydrogen-bond donors (Lipinski definition) is 3. The molecule has 5 rings (SSSR count). The largest absolute Gasteiger partial charge is 0.481 e. The number of nitrogen functional groups attached to an aromatic ring is 1. The Morgan fingerprint density at radius 2 is 1.87 bits per heavy atom. The standard InChI is InChI=1S/C28H37N5O5/c29-25-24-26(32-28(31-25)30-13-12-22-3-1-2-15-37-22)38-16-14-33(27(24)36)21-10-8-20(9-11-21)19-6-4-18(5-7-19)17-23(34)35/h8-11,18-19,22H,1-7,12-17H2,(H,34,35)(H3,29,30,31,32). The Labute approximate surface area is 222 Å². The quantitative estimate of drug-likeness (QED) is 0.464. The van der Waals surface area contributed by atoms with Gasteiger partial charge in [-0.25, -0.2) is 0 Å². The third-order valence-electron chi connectivity index (χ3n) is 7.93. The highest BCUT2D eigenvalue weighted by Crippen LogP contribution is 2.38. The number of nitrogens with zero attached hydrogens (tertiary/aromatic N) is 3. The molecule has 1 saturated heterocycles. The first-order valence-electron chi connectivity index (χ1n) is 13.8.